The van der Waals surface area contributed by atoms with Crippen LogP contribution in [0.1, 0.15) is 26.7 Å². The fourth-order valence-corrected chi connectivity index (χ4v) is 0.454. The second kappa shape index (κ2) is 8.60. The van der Waals surface area contributed by atoms with Crippen molar-refractivity contribution in [1.82, 2.24) is 0 Å². The maximum atomic E-state index is 4.91. The minimum Gasteiger partial charge on any atom is -0.551 e. The Morgan fingerprint density at radius 3 is 2.12 bits per heavy atom. The van der Waals surface area contributed by atoms with E-state index in [4.69, 9.17) is 4.74 Å². The Balaban J connectivity index is 0. The van der Waals surface area contributed by atoms with Crippen molar-refractivity contribution in [1.29, 1.82) is 0 Å². The van der Waals surface area contributed by atoms with Crippen molar-refractivity contribution in [2.24, 2.45) is 0 Å². The van der Waals surface area contributed by atoms with Gasteiger partial charge in [-0.05, 0) is 7.11 Å². The molecule has 0 aromatic rings. The molecular weight excluding hydrogens is 127 g/mol. The van der Waals surface area contributed by atoms with Crippen LogP contribution in [-0.2, 0) is 4.74 Å². The van der Waals surface area contributed by atoms with Gasteiger partial charge in [0.1, 0.15) is 0 Å². The number of ether oxygens (including phenoxy) is 1. The van der Waals surface area contributed by atoms with Crippen LogP contribution in [0.5, 0.6) is 0 Å². The molecule has 0 rings (SSSR count). The van der Waals surface area contributed by atoms with Crippen molar-refractivity contribution >= 4 is 0 Å². The quantitative estimate of drug-likeness (QED) is 0.360. The van der Waals surface area contributed by atoms with E-state index < -0.39 is 0 Å². The van der Waals surface area contributed by atoms with Gasteiger partial charge in [0, 0.05) is 0 Å². The average Bonchev–Trinajstić information content (AvgIpc) is 1.68. The summed E-state index contributed by atoms with van der Waals surface area (Å²) in [6.45, 7) is 4.14. The molecule has 0 bridgehead atoms. The number of hydrogen-bond acceptors (Lipinski definition) is 1. The third kappa shape index (κ3) is 7.60. The van der Waals surface area contributed by atoms with Crippen molar-refractivity contribution in [3.63, 3.8) is 0 Å². The fraction of sp³-hybridized carbons (Fsp3) is 0.833. The Labute approximate surface area is 94.6 Å². The van der Waals surface area contributed by atoms with Gasteiger partial charge in [-0.15, -0.1) is 0 Å². The van der Waals surface area contributed by atoms with Crippen LogP contribution in [0, 0.1) is 6.10 Å². The van der Waals surface area contributed by atoms with Gasteiger partial charge in [-0.2, -0.15) is 19.4 Å². The van der Waals surface area contributed by atoms with Gasteiger partial charge >= 0.3 is 51.4 Å². The summed E-state index contributed by atoms with van der Waals surface area (Å²) in [5.41, 5.74) is 0. The third-order valence-corrected chi connectivity index (χ3v) is 0.951. The zero-order chi connectivity index (χ0) is 5.70. The number of rotatable bonds is 3. The molecule has 2 heteroatoms. The van der Waals surface area contributed by atoms with E-state index in [-0.39, 0.29) is 51.4 Å². The molecule has 0 aromatic heterocycles. The van der Waals surface area contributed by atoms with Crippen LogP contribution in [0.25, 0.3) is 0 Å². The standard InChI is InChI=1S/C6H13O.K/c1-4-5-6(2)7-3;/h4-5H2,1-3H3;/q-1;+1. The van der Waals surface area contributed by atoms with E-state index in [1.165, 1.54) is 6.42 Å². The maximum Gasteiger partial charge on any atom is 1.00 e. The summed E-state index contributed by atoms with van der Waals surface area (Å²) in [7, 11) is 1.71. The van der Waals surface area contributed by atoms with Gasteiger partial charge in [-0.25, -0.2) is 0 Å². The summed E-state index contributed by atoms with van der Waals surface area (Å²) >= 11 is 0. The van der Waals surface area contributed by atoms with E-state index in [0.717, 1.165) is 12.5 Å². The molecule has 0 saturated heterocycles. The summed E-state index contributed by atoms with van der Waals surface area (Å²) in [6, 6.07) is 0. The van der Waals surface area contributed by atoms with Crippen LogP contribution < -0.4 is 51.4 Å². The van der Waals surface area contributed by atoms with E-state index in [1.54, 1.807) is 7.11 Å². The molecule has 0 aliphatic heterocycles. The molecule has 0 radical (unpaired) electrons. The average molecular weight is 140 g/mol. The van der Waals surface area contributed by atoms with Gasteiger partial charge < -0.3 is 4.74 Å². The molecule has 0 heterocycles. The van der Waals surface area contributed by atoms with E-state index in [0.29, 0.717) is 0 Å². The van der Waals surface area contributed by atoms with E-state index in [2.05, 4.69) is 6.92 Å². The van der Waals surface area contributed by atoms with Crippen LogP contribution in [-0.4, -0.2) is 7.11 Å². The number of methoxy groups -OCH3 is 1. The van der Waals surface area contributed by atoms with Crippen molar-refractivity contribution < 1.29 is 56.1 Å². The maximum absolute atomic E-state index is 4.91. The number of hydrogen-bond donors (Lipinski definition) is 0. The predicted octanol–water partition coefficient (Wildman–Crippen LogP) is -1.01. The van der Waals surface area contributed by atoms with Gasteiger partial charge in [-0.3, -0.25) is 0 Å². The first kappa shape index (κ1) is 12.3. The Hall–Kier alpha value is 1.60. The summed E-state index contributed by atoms with van der Waals surface area (Å²) in [5, 5.41) is 0. The van der Waals surface area contributed by atoms with Crippen LogP contribution in [0.3, 0.4) is 0 Å². The molecule has 0 unspecified atom stereocenters. The zero-order valence-electron chi connectivity index (χ0n) is 6.32. The van der Waals surface area contributed by atoms with Crippen LogP contribution in [0.4, 0.5) is 0 Å². The van der Waals surface area contributed by atoms with Crippen molar-refractivity contribution in [3.05, 3.63) is 6.10 Å². The molecule has 0 fully saturated rings. The first-order valence-electron chi connectivity index (χ1n) is 2.67. The van der Waals surface area contributed by atoms with E-state index >= 15 is 0 Å². The molecular formula is C6H13KO. The molecule has 0 aliphatic rings. The van der Waals surface area contributed by atoms with Crippen molar-refractivity contribution in [3.8, 4) is 0 Å². The van der Waals surface area contributed by atoms with Gasteiger partial charge in [0.15, 0.2) is 0 Å². The monoisotopic (exact) mass is 140 g/mol. The summed E-state index contributed by atoms with van der Waals surface area (Å²) in [5.74, 6) is 0. The second-order valence-corrected chi connectivity index (χ2v) is 1.66. The minimum atomic E-state index is 0. The SMILES string of the molecule is CCC[C-](C)OC.[K+]. The minimum absolute atomic E-state index is 0. The van der Waals surface area contributed by atoms with E-state index in [1.807, 2.05) is 6.92 Å². The molecule has 0 aromatic carbocycles. The molecule has 0 atom stereocenters. The first-order valence-corrected chi connectivity index (χ1v) is 2.67. The Morgan fingerprint density at radius 1 is 1.50 bits per heavy atom. The van der Waals surface area contributed by atoms with Crippen LogP contribution in [0.15, 0.2) is 0 Å². The Morgan fingerprint density at radius 2 is 2.00 bits per heavy atom. The van der Waals surface area contributed by atoms with Gasteiger partial charge in [0.25, 0.3) is 0 Å². The molecule has 1 nitrogen and oxygen atoms in total. The zero-order valence-corrected chi connectivity index (χ0v) is 9.45. The van der Waals surface area contributed by atoms with Crippen molar-refractivity contribution in [2.75, 3.05) is 7.11 Å². The molecule has 44 valence electrons. The predicted molar refractivity (Wildman–Crippen MR) is 30.8 cm³/mol. The molecule has 0 spiro atoms. The van der Waals surface area contributed by atoms with Gasteiger partial charge in [0.2, 0.25) is 0 Å². The fourth-order valence-electron chi connectivity index (χ4n) is 0.454. The van der Waals surface area contributed by atoms with E-state index in [9.17, 15) is 0 Å². The topological polar surface area (TPSA) is 9.23 Å². The largest absolute Gasteiger partial charge is 1.00 e. The van der Waals surface area contributed by atoms with Crippen LogP contribution >= 0.6 is 0 Å². The van der Waals surface area contributed by atoms with Crippen LogP contribution in [0.2, 0.25) is 0 Å². The Kier molecular flexibility index (Phi) is 13.2. The van der Waals surface area contributed by atoms with Gasteiger partial charge in [-0.1, -0.05) is 13.3 Å². The van der Waals surface area contributed by atoms with Gasteiger partial charge in [0.05, 0.1) is 0 Å². The summed E-state index contributed by atoms with van der Waals surface area (Å²) < 4.78 is 4.91. The molecule has 0 N–H and O–H groups in total. The molecule has 0 saturated carbocycles. The summed E-state index contributed by atoms with van der Waals surface area (Å²) in [6.07, 6.45) is 3.40. The smallest absolute Gasteiger partial charge is 0.551 e. The molecule has 0 aliphatic carbocycles. The Bertz CT molecular complexity index is 39.5. The normalized spacial score (nSPS) is 9.00. The third-order valence-electron chi connectivity index (χ3n) is 0.951. The molecule has 0 amide bonds. The second-order valence-electron chi connectivity index (χ2n) is 1.66. The summed E-state index contributed by atoms with van der Waals surface area (Å²) in [4.78, 5) is 0. The first-order chi connectivity index (χ1) is 3.31. The molecule has 8 heavy (non-hydrogen) atoms. The van der Waals surface area contributed by atoms with Crippen molar-refractivity contribution in [2.45, 2.75) is 26.7 Å².